The molecule has 6 nitrogen and oxygen atoms in total. The molecule has 2 aromatic carbocycles. The van der Waals surface area contributed by atoms with Gasteiger partial charge in [0.15, 0.2) is 16.6 Å². The summed E-state index contributed by atoms with van der Waals surface area (Å²) in [6.45, 7) is 1.19. The molecule has 1 aliphatic heterocycles. The topological polar surface area (TPSA) is 63.7 Å². The van der Waals surface area contributed by atoms with Crippen molar-refractivity contribution in [2.45, 2.75) is 13.0 Å². The Morgan fingerprint density at radius 1 is 1.15 bits per heavy atom. The number of rotatable bonds is 3. The molecule has 0 atom stereocenters. The first kappa shape index (κ1) is 16.7. The fraction of sp³-hybridized carbons (Fsp3) is 0.263. The van der Waals surface area contributed by atoms with Crippen molar-refractivity contribution in [3.63, 3.8) is 0 Å². The summed E-state index contributed by atoms with van der Waals surface area (Å²) in [6.07, 6.45) is 0.781. The fourth-order valence-electron chi connectivity index (χ4n) is 3.15. The zero-order valence-electron chi connectivity index (χ0n) is 14.6. The Bertz CT molecular complexity index is 937. The summed E-state index contributed by atoms with van der Waals surface area (Å²) in [7, 11) is 3.25. The molecule has 2 amide bonds. The number of ether oxygens (including phenoxy) is 2. The van der Waals surface area contributed by atoms with E-state index in [4.69, 9.17) is 9.47 Å². The van der Waals surface area contributed by atoms with Crippen LogP contribution in [0.15, 0.2) is 36.4 Å². The Morgan fingerprint density at radius 2 is 1.88 bits per heavy atom. The quantitative estimate of drug-likeness (QED) is 0.760. The van der Waals surface area contributed by atoms with Gasteiger partial charge in [0.2, 0.25) is 0 Å². The minimum Gasteiger partial charge on any atom is -0.493 e. The number of anilines is 1. The van der Waals surface area contributed by atoms with E-state index in [1.54, 1.807) is 19.1 Å². The largest absolute Gasteiger partial charge is 0.493 e. The lowest BCUT2D eigenvalue weighted by molar-refractivity contribution is 0.206. The smallest absolute Gasteiger partial charge is 0.323 e. The van der Waals surface area contributed by atoms with Gasteiger partial charge in [0, 0.05) is 13.1 Å². The van der Waals surface area contributed by atoms with Crippen LogP contribution in [0, 0.1) is 0 Å². The molecule has 26 heavy (non-hydrogen) atoms. The van der Waals surface area contributed by atoms with Gasteiger partial charge < -0.3 is 14.4 Å². The summed E-state index contributed by atoms with van der Waals surface area (Å²) in [6, 6.07) is 11.7. The number of thiazole rings is 1. The molecule has 7 heteroatoms. The van der Waals surface area contributed by atoms with E-state index < -0.39 is 0 Å². The molecule has 0 spiro atoms. The van der Waals surface area contributed by atoms with Gasteiger partial charge in [0.25, 0.3) is 0 Å². The van der Waals surface area contributed by atoms with Crippen LogP contribution in [0.3, 0.4) is 0 Å². The Hall–Kier alpha value is -2.80. The van der Waals surface area contributed by atoms with Crippen molar-refractivity contribution in [3.8, 4) is 11.5 Å². The number of methoxy groups -OCH3 is 2. The molecular weight excluding hydrogens is 350 g/mol. The van der Waals surface area contributed by atoms with Crippen LogP contribution in [-0.2, 0) is 13.0 Å². The van der Waals surface area contributed by atoms with Crippen LogP contribution in [-0.4, -0.2) is 36.7 Å². The van der Waals surface area contributed by atoms with E-state index in [2.05, 4.69) is 10.3 Å². The zero-order chi connectivity index (χ0) is 18.1. The highest BCUT2D eigenvalue weighted by Crippen LogP contribution is 2.33. The van der Waals surface area contributed by atoms with Crippen molar-refractivity contribution in [1.82, 2.24) is 9.88 Å². The highest BCUT2D eigenvalue weighted by molar-refractivity contribution is 7.22. The number of hydrogen-bond acceptors (Lipinski definition) is 5. The minimum atomic E-state index is -0.135. The SMILES string of the molecule is COc1cc2c(cc1OC)CN(C(=O)Nc1nc3ccccc3s1)CC2. The van der Waals surface area contributed by atoms with Crippen molar-refractivity contribution in [2.24, 2.45) is 0 Å². The molecule has 0 fully saturated rings. The summed E-state index contributed by atoms with van der Waals surface area (Å²) in [5, 5.41) is 3.54. The molecule has 0 aliphatic carbocycles. The predicted octanol–water partition coefficient (Wildman–Crippen LogP) is 3.90. The van der Waals surface area contributed by atoms with Crippen molar-refractivity contribution in [3.05, 3.63) is 47.5 Å². The van der Waals surface area contributed by atoms with Gasteiger partial charge in [0.1, 0.15) is 0 Å². The molecule has 1 aliphatic rings. The maximum atomic E-state index is 12.7. The molecule has 1 aromatic heterocycles. The van der Waals surface area contributed by atoms with E-state index in [0.717, 1.165) is 28.0 Å². The summed E-state index contributed by atoms with van der Waals surface area (Å²) < 4.78 is 11.8. The number of aromatic nitrogens is 1. The highest BCUT2D eigenvalue weighted by atomic mass is 32.1. The first-order valence-electron chi connectivity index (χ1n) is 8.33. The number of nitrogens with one attached hydrogen (secondary N) is 1. The molecule has 4 rings (SSSR count). The molecule has 1 N–H and O–H groups in total. The second kappa shape index (κ2) is 6.84. The number of urea groups is 1. The average molecular weight is 369 g/mol. The van der Waals surface area contributed by atoms with Crippen molar-refractivity contribution < 1.29 is 14.3 Å². The van der Waals surface area contributed by atoms with E-state index >= 15 is 0 Å². The average Bonchev–Trinajstić information content (AvgIpc) is 3.08. The maximum Gasteiger partial charge on any atom is 0.323 e. The number of fused-ring (bicyclic) bond motifs is 2. The van der Waals surface area contributed by atoms with E-state index in [1.165, 1.54) is 16.9 Å². The standard InChI is InChI=1S/C19H19N3O3S/c1-24-15-9-12-7-8-22(11-13(12)10-16(15)25-2)19(23)21-18-20-14-5-3-4-6-17(14)26-18/h3-6,9-10H,7-8,11H2,1-2H3,(H,20,21,23). The van der Waals surface area contributed by atoms with Crippen LogP contribution in [0.5, 0.6) is 11.5 Å². The third-order valence-corrected chi connectivity index (χ3v) is 5.46. The van der Waals surface area contributed by atoms with Gasteiger partial charge in [-0.3, -0.25) is 5.32 Å². The van der Waals surface area contributed by atoms with Crippen LogP contribution in [0.4, 0.5) is 9.93 Å². The third kappa shape index (κ3) is 3.06. The molecule has 134 valence electrons. The van der Waals surface area contributed by atoms with Crippen LogP contribution >= 0.6 is 11.3 Å². The number of carbonyl (C=O) groups is 1. The van der Waals surface area contributed by atoms with Gasteiger partial charge in [-0.2, -0.15) is 0 Å². The Kier molecular flexibility index (Phi) is 4.38. The molecule has 3 aromatic rings. The molecule has 0 unspecified atom stereocenters. The van der Waals surface area contributed by atoms with Gasteiger partial charge in [-0.1, -0.05) is 23.5 Å². The van der Waals surface area contributed by atoms with Gasteiger partial charge in [0.05, 0.1) is 24.4 Å². The van der Waals surface area contributed by atoms with Gasteiger partial charge in [-0.25, -0.2) is 9.78 Å². The molecule has 2 heterocycles. The van der Waals surface area contributed by atoms with Gasteiger partial charge >= 0.3 is 6.03 Å². The lowest BCUT2D eigenvalue weighted by atomic mass is 9.99. The summed E-state index contributed by atoms with van der Waals surface area (Å²) in [4.78, 5) is 18.9. The predicted molar refractivity (Wildman–Crippen MR) is 102 cm³/mol. The first-order valence-corrected chi connectivity index (χ1v) is 9.15. The van der Waals surface area contributed by atoms with Crippen molar-refractivity contribution in [2.75, 3.05) is 26.1 Å². The lowest BCUT2D eigenvalue weighted by Crippen LogP contribution is -2.38. The van der Waals surface area contributed by atoms with E-state index in [-0.39, 0.29) is 6.03 Å². The monoisotopic (exact) mass is 369 g/mol. The fourth-order valence-corrected chi connectivity index (χ4v) is 4.01. The molecule has 0 saturated carbocycles. The van der Waals surface area contributed by atoms with E-state index in [9.17, 15) is 4.79 Å². The first-order chi connectivity index (χ1) is 12.7. The molecule has 0 radical (unpaired) electrons. The number of benzene rings is 2. The number of nitrogens with zero attached hydrogens (tertiary/aromatic N) is 2. The van der Waals surface area contributed by atoms with E-state index in [0.29, 0.717) is 24.0 Å². The summed E-state index contributed by atoms with van der Waals surface area (Å²) in [5.41, 5.74) is 3.16. The number of para-hydroxylation sites is 1. The van der Waals surface area contributed by atoms with Gasteiger partial charge in [-0.15, -0.1) is 0 Å². The van der Waals surface area contributed by atoms with Crippen LogP contribution < -0.4 is 14.8 Å². The second-order valence-electron chi connectivity index (χ2n) is 6.06. The van der Waals surface area contributed by atoms with Crippen LogP contribution in [0.1, 0.15) is 11.1 Å². The summed E-state index contributed by atoms with van der Waals surface area (Å²) in [5.74, 6) is 1.40. The molecule has 0 saturated heterocycles. The van der Waals surface area contributed by atoms with Crippen molar-refractivity contribution in [1.29, 1.82) is 0 Å². The van der Waals surface area contributed by atoms with Crippen LogP contribution in [0.25, 0.3) is 10.2 Å². The summed E-state index contributed by atoms with van der Waals surface area (Å²) >= 11 is 1.48. The third-order valence-electron chi connectivity index (χ3n) is 4.51. The van der Waals surface area contributed by atoms with Gasteiger partial charge in [-0.05, 0) is 41.8 Å². The minimum absolute atomic E-state index is 0.135. The molecule has 0 bridgehead atoms. The highest BCUT2D eigenvalue weighted by Gasteiger charge is 2.23. The second-order valence-corrected chi connectivity index (χ2v) is 7.10. The Morgan fingerprint density at radius 3 is 2.62 bits per heavy atom. The zero-order valence-corrected chi connectivity index (χ0v) is 15.4. The Balaban J connectivity index is 1.51. The van der Waals surface area contributed by atoms with Crippen LogP contribution in [0.2, 0.25) is 0 Å². The number of hydrogen-bond donors (Lipinski definition) is 1. The number of carbonyl (C=O) groups excluding carboxylic acids is 1. The Labute approximate surface area is 155 Å². The normalized spacial score (nSPS) is 13.4. The number of amides is 2. The van der Waals surface area contributed by atoms with Crippen molar-refractivity contribution >= 4 is 32.7 Å². The van der Waals surface area contributed by atoms with E-state index in [1.807, 2.05) is 36.4 Å². The lowest BCUT2D eigenvalue weighted by Gasteiger charge is -2.29. The molecular formula is C19H19N3O3S. The maximum absolute atomic E-state index is 12.7.